The van der Waals surface area contributed by atoms with E-state index in [0.29, 0.717) is 5.88 Å². The zero-order valence-corrected chi connectivity index (χ0v) is 12.8. The van der Waals surface area contributed by atoms with Gasteiger partial charge in [-0.2, -0.15) is 0 Å². The first-order chi connectivity index (χ1) is 9.78. The van der Waals surface area contributed by atoms with Crippen LogP contribution in [-0.2, 0) is 17.6 Å². The second-order valence-electron chi connectivity index (χ2n) is 5.81. The molecule has 1 aliphatic heterocycles. The van der Waals surface area contributed by atoms with Crippen LogP contribution in [0.1, 0.15) is 37.4 Å². The van der Waals surface area contributed by atoms with Crippen molar-refractivity contribution in [3.8, 4) is 0 Å². The van der Waals surface area contributed by atoms with Gasteiger partial charge in [-0.05, 0) is 32.6 Å². The summed E-state index contributed by atoms with van der Waals surface area (Å²) >= 11 is 5.98. The van der Waals surface area contributed by atoms with Crippen molar-refractivity contribution in [2.75, 3.05) is 23.9 Å². The first-order valence-electron chi connectivity index (χ1n) is 7.57. The highest BCUT2D eigenvalue weighted by atomic mass is 35.5. The van der Waals surface area contributed by atoms with Gasteiger partial charge in [0.2, 0.25) is 0 Å². The monoisotopic (exact) mass is 295 g/mol. The Morgan fingerprint density at radius 2 is 2.10 bits per heavy atom. The van der Waals surface area contributed by atoms with Crippen LogP contribution in [0.15, 0.2) is 6.33 Å². The molecule has 0 saturated carbocycles. The van der Waals surface area contributed by atoms with E-state index in [1.54, 1.807) is 6.33 Å². The highest BCUT2D eigenvalue weighted by Crippen LogP contribution is 2.28. The van der Waals surface area contributed by atoms with Crippen LogP contribution >= 0.6 is 11.6 Å². The normalized spacial score (nSPS) is 27.0. The van der Waals surface area contributed by atoms with Crippen LogP contribution in [-0.4, -0.2) is 41.1 Å². The minimum Gasteiger partial charge on any atom is -0.370 e. The minimum absolute atomic E-state index is 0.0943. The molecule has 2 unspecified atom stereocenters. The van der Waals surface area contributed by atoms with E-state index in [1.165, 1.54) is 30.5 Å². The molecule has 5 heteroatoms. The first-order valence-corrected chi connectivity index (χ1v) is 8.10. The summed E-state index contributed by atoms with van der Waals surface area (Å²) in [4.78, 5) is 11.4. The van der Waals surface area contributed by atoms with Gasteiger partial charge >= 0.3 is 0 Å². The van der Waals surface area contributed by atoms with E-state index in [4.69, 9.17) is 16.3 Å². The fourth-order valence-corrected chi connectivity index (χ4v) is 3.43. The van der Waals surface area contributed by atoms with Crippen molar-refractivity contribution in [1.29, 1.82) is 0 Å². The summed E-state index contributed by atoms with van der Waals surface area (Å²) in [5.74, 6) is 1.65. The Bertz CT molecular complexity index is 468. The maximum absolute atomic E-state index is 5.98. The highest BCUT2D eigenvalue weighted by molar-refractivity contribution is 6.18. The van der Waals surface area contributed by atoms with Crippen molar-refractivity contribution in [2.24, 2.45) is 0 Å². The molecule has 0 bridgehead atoms. The summed E-state index contributed by atoms with van der Waals surface area (Å²) in [5, 5.41) is 0. The van der Waals surface area contributed by atoms with Gasteiger partial charge in [-0.25, -0.2) is 9.97 Å². The standard InChI is InChI=1S/C15H22ClN3O/c1-11-8-19(9-12(7-16)20-11)15-13-5-3-2-4-6-14(13)17-10-18-15/h10-12H,2-9H2,1H3. The van der Waals surface area contributed by atoms with Crippen LogP contribution in [0.4, 0.5) is 5.82 Å². The lowest BCUT2D eigenvalue weighted by Gasteiger charge is -2.37. The Morgan fingerprint density at radius 3 is 2.95 bits per heavy atom. The van der Waals surface area contributed by atoms with Gasteiger partial charge in [0, 0.05) is 24.3 Å². The molecule has 1 aromatic rings. The summed E-state index contributed by atoms with van der Waals surface area (Å²) in [7, 11) is 0. The first kappa shape index (κ1) is 14.1. The van der Waals surface area contributed by atoms with Gasteiger partial charge in [0.05, 0.1) is 18.1 Å². The summed E-state index contributed by atoms with van der Waals surface area (Å²) in [6.45, 7) is 3.82. The van der Waals surface area contributed by atoms with E-state index < -0.39 is 0 Å². The van der Waals surface area contributed by atoms with Crippen molar-refractivity contribution >= 4 is 17.4 Å². The number of hydrogen-bond donors (Lipinski definition) is 0. The van der Waals surface area contributed by atoms with Crippen molar-refractivity contribution in [3.63, 3.8) is 0 Å². The molecule has 0 aromatic carbocycles. The minimum atomic E-state index is 0.0943. The molecular formula is C15H22ClN3O. The van der Waals surface area contributed by atoms with E-state index >= 15 is 0 Å². The highest BCUT2D eigenvalue weighted by Gasteiger charge is 2.28. The molecule has 110 valence electrons. The number of halogens is 1. The van der Waals surface area contributed by atoms with Gasteiger partial charge in [0.15, 0.2) is 0 Å². The van der Waals surface area contributed by atoms with Crippen LogP contribution in [0, 0.1) is 0 Å². The van der Waals surface area contributed by atoms with Crippen molar-refractivity contribution in [2.45, 2.75) is 51.2 Å². The van der Waals surface area contributed by atoms with Gasteiger partial charge in [-0.1, -0.05) is 6.42 Å². The van der Waals surface area contributed by atoms with E-state index in [-0.39, 0.29) is 12.2 Å². The molecule has 2 heterocycles. The predicted octanol–water partition coefficient (Wildman–Crippen LogP) is 2.58. The summed E-state index contributed by atoms with van der Waals surface area (Å²) in [6, 6.07) is 0. The number of alkyl halides is 1. The summed E-state index contributed by atoms with van der Waals surface area (Å²) in [5.41, 5.74) is 2.60. The maximum atomic E-state index is 5.98. The third-order valence-electron chi connectivity index (χ3n) is 4.15. The predicted molar refractivity (Wildman–Crippen MR) is 80.6 cm³/mol. The third kappa shape index (κ3) is 2.91. The molecule has 4 nitrogen and oxygen atoms in total. The molecule has 1 fully saturated rings. The van der Waals surface area contributed by atoms with Crippen molar-refractivity contribution < 1.29 is 4.74 Å². The molecule has 0 amide bonds. The lowest BCUT2D eigenvalue weighted by atomic mass is 10.1. The van der Waals surface area contributed by atoms with Crippen LogP contribution in [0.25, 0.3) is 0 Å². The topological polar surface area (TPSA) is 38.2 Å². The van der Waals surface area contributed by atoms with Gasteiger partial charge in [0.25, 0.3) is 0 Å². The lowest BCUT2D eigenvalue weighted by Crippen LogP contribution is -2.48. The Balaban J connectivity index is 1.89. The Hall–Kier alpha value is -0.870. The number of morpholine rings is 1. The Kier molecular flexibility index (Phi) is 4.41. The molecule has 2 aliphatic rings. The zero-order chi connectivity index (χ0) is 13.9. The molecule has 0 radical (unpaired) electrons. The molecule has 2 atom stereocenters. The summed E-state index contributed by atoms with van der Waals surface area (Å²) < 4.78 is 5.84. The number of ether oxygens (including phenoxy) is 1. The van der Waals surface area contributed by atoms with Gasteiger partial charge < -0.3 is 9.64 Å². The zero-order valence-electron chi connectivity index (χ0n) is 12.0. The molecule has 1 aromatic heterocycles. The molecule has 20 heavy (non-hydrogen) atoms. The smallest absolute Gasteiger partial charge is 0.135 e. The van der Waals surface area contributed by atoms with Gasteiger partial charge in [-0.15, -0.1) is 11.6 Å². The van der Waals surface area contributed by atoms with Gasteiger partial charge in [-0.3, -0.25) is 0 Å². The van der Waals surface area contributed by atoms with Crippen LogP contribution in [0.2, 0.25) is 0 Å². The second kappa shape index (κ2) is 6.27. The lowest BCUT2D eigenvalue weighted by molar-refractivity contribution is -0.00363. The quantitative estimate of drug-likeness (QED) is 0.621. The molecule has 0 N–H and O–H groups in total. The van der Waals surface area contributed by atoms with E-state index in [2.05, 4.69) is 21.8 Å². The van der Waals surface area contributed by atoms with E-state index in [0.717, 1.165) is 31.7 Å². The fraction of sp³-hybridized carbons (Fsp3) is 0.733. The number of hydrogen-bond acceptors (Lipinski definition) is 4. The largest absolute Gasteiger partial charge is 0.370 e. The van der Waals surface area contributed by atoms with E-state index in [1.807, 2.05) is 0 Å². The van der Waals surface area contributed by atoms with Crippen LogP contribution in [0.3, 0.4) is 0 Å². The van der Waals surface area contributed by atoms with Crippen LogP contribution in [0.5, 0.6) is 0 Å². The molecule has 0 spiro atoms. The van der Waals surface area contributed by atoms with Gasteiger partial charge in [0.1, 0.15) is 12.1 Å². The fourth-order valence-electron chi connectivity index (χ4n) is 3.26. The average molecular weight is 296 g/mol. The SMILES string of the molecule is CC1CN(c2ncnc3c2CCCCC3)CC(CCl)O1. The number of fused-ring (bicyclic) bond motifs is 1. The number of aromatic nitrogens is 2. The molecule has 1 aliphatic carbocycles. The Morgan fingerprint density at radius 1 is 1.25 bits per heavy atom. The third-order valence-corrected chi connectivity index (χ3v) is 4.49. The molecule has 1 saturated heterocycles. The Labute approximate surface area is 125 Å². The summed E-state index contributed by atoms with van der Waals surface area (Å²) in [6.07, 6.45) is 7.97. The molecular weight excluding hydrogens is 274 g/mol. The van der Waals surface area contributed by atoms with Crippen LogP contribution < -0.4 is 4.90 Å². The average Bonchev–Trinajstić information content (AvgIpc) is 2.71. The number of aryl methyl sites for hydroxylation is 1. The van der Waals surface area contributed by atoms with Crippen molar-refractivity contribution in [3.05, 3.63) is 17.6 Å². The number of nitrogens with zero attached hydrogens (tertiary/aromatic N) is 3. The van der Waals surface area contributed by atoms with Crippen molar-refractivity contribution in [1.82, 2.24) is 9.97 Å². The molecule has 3 rings (SSSR count). The van der Waals surface area contributed by atoms with E-state index in [9.17, 15) is 0 Å². The number of anilines is 1. The maximum Gasteiger partial charge on any atom is 0.135 e. The second-order valence-corrected chi connectivity index (χ2v) is 6.12. The number of rotatable bonds is 2.